The lowest BCUT2D eigenvalue weighted by Crippen LogP contribution is -2.42. The minimum absolute atomic E-state index is 0.00360. The first kappa shape index (κ1) is 22.8. The van der Waals surface area contributed by atoms with Gasteiger partial charge >= 0.3 is 6.18 Å². The van der Waals surface area contributed by atoms with Gasteiger partial charge in [-0.15, -0.1) is 0 Å². The number of ether oxygens (including phenoxy) is 1. The zero-order valence-corrected chi connectivity index (χ0v) is 17.1. The Morgan fingerprint density at radius 2 is 2.00 bits per heavy atom. The molecule has 31 heavy (non-hydrogen) atoms. The predicted octanol–water partition coefficient (Wildman–Crippen LogP) is 4.96. The Hall–Kier alpha value is -2.90. The third-order valence-corrected chi connectivity index (χ3v) is 5.17. The Balaban J connectivity index is 1.66. The fraction of sp³-hybridized carbons (Fsp3) is 0.292. The van der Waals surface area contributed by atoms with E-state index in [-0.39, 0.29) is 18.4 Å². The normalized spacial score (nSPS) is 19.9. The molecule has 0 aliphatic carbocycles. The number of pyridine rings is 1. The van der Waals surface area contributed by atoms with Crippen LogP contribution in [0.1, 0.15) is 23.6 Å². The maximum Gasteiger partial charge on any atom is 0.416 e. The number of hydrogen-bond acceptors (Lipinski definition) is 4. The predicted molar refractivity (Wildman–Crippen MR) is 114 cm³/mol. The summed E-state index contributed by atoms with van der Waals surface area (Å²) in [5.41, 5.74) is 2.35. The molecule has 0 spiro atoms. The smallest absolute Gasteiger partial charge is 0.416 e. The van der Waals surface area contributed by atoms with Crippen LogP contribution in [0.5, 0.6) is 5.75 Å². The molecule has 1 aromatic heterocycles. The number of piperidine rings is 1. The first-order valence-electron chi connectivity index (χ1n) is 9.89. The molecule has 0 bridgehead atoms. The summed E-state index contributed by atoms with van der Waals surface area (Å²) in [5.74, 6) is 0.273. The number of nitrogens with zero attached hydrogens (tertiary/aromatic N) is 2. The molecular formula is C24H25F3N2O2. The second-order valence-electron chi connectivity index (χ2n) is 7.45. The van der Waals surface area contributed by atoms with Crippen molar-refractivity contribution in [1.82, 2.24) is 9.88 Å². The minimum Gasteiger partial charge on any atom is -0.491 e. The number of rotatable bonds is 7. The Kier molecular flexibility index (Phi) is 7.30. The number of aliphatic hydroxyl groups excluding tert-OH is 1. The van der Waals surface area contributed by atoms with E-state index in [4.69, 9.17) is 4.74 Å². The number of β-amino-alcohol motifs (C(OH)–C–C–N with tert-alkyl or cyclic N) is 1. The summed E-state index contributed by atoms with van der Waals surface area (Å²) in [6.45, 7) is 8.79. The summed E-state index contributed by atoms with van der Waals surface area (Å²) in [7, 11) is 0. The summed E-state index contributed by atoms with van der Waals surface area (Å²) < 4.78 is 43.5. The average Bonchev–Trinajstić information content (AvgIpc) is 2.75. The van der Waals surface area contributed by atoms with Gasteiger partial charge in [0.05, 0.1) is 5.56 Å². The highest BCUT2D eigenvalue weighted by Crippen LogP contribution is 2.35. The van der Waals surface area contributed by atoms with Crippen LogP contribution in [0.3, 0.4) is 0 Å². The monoisotopic (exact) mass is 430 g/mol. The van der Waals surface area contributed by atoms with Crippen LogP contribution in [-0.2, 0) is 6.18 Å². The van der Waals surface area contributed by atoms with Crippen molar-refractivity contribution in [2.45, 2.75) is 24.7 Å². The lowest BCUT2D eigenvalue weighted by atomic mass is 9.89. The average molecular weight is 430 g/mol. The largest absolute Gasteiger partial charge is 0.491 e. The van der Waals surface area contributed by atoms with E-state index in [1.54, 1.807) is 18.5 Å². The molecule has 2 atom stereocenters. The number of benzene rings is 1. The van der Waals surface area contributed by atoms with E-state index in [0.29, 0.717) is 19.5 Å². The molecule has 1 aliphatic rings. The van der Waals surface area contributed by atoms with Gasteiger partial charge in [-0.2, -0.15) is 13.2 Å². The van der Waals surface area contributed by atoms with E-state index in [1.807, 2.05) is 18.2 Å². The maximum atomic E-state index is 12.7. The van der Waals surface area contributed by atoms with Crippen LogP contribution in [0.4, 0.5) is 13.2 Å². The molecule has 0 saturated carbocycles. The van der Waals surface area contributed by atoms with Gasteiger partial charge in [-0.25, -0.2) is 0 Å². The Morgan fingerprint density at radius 1 is 1.26 bits per heavy atom. The summed E-state index contributed by atoms with van der Waals surface area (Å²) in [5, 5.41) is 10.6. The lowest BCUT2D eigenvalue weighted by Gasteiger charge is -2.39. The van der Waals surface area contributed by atoms with E-state index < -0.39 is 17.8 Å². The number of alkyl halides is 3. The van der Waals surface area contributed by atoms with Crippen LogP contribution in [0.25, 0.3) is 0 Å². The third-order valence-electron chi connectivity index (χ3n) is 5.17. The van der Waals surface area contributed by atoms with Crippen LogP contribution in [0.2, 0.25) is 0 Å². The highest BCUT2D eigenvalue weighted by Gasteiger charge is 2.31. The molecular weight excluding hydrogens is 405 g/mol. The molecule has 2 aromatic rings. The van der Waals surface area contributed by atoms with Gasteiger partial charge < -0.3 is 9.84 Å². The van der Waals surface area contributed by atoms with E-state index in [0.717, 1.165) is 28.8 Å². The quantitative estimate of drug-likeness (QED) is 0.675. The number of likely N-dealkylation sites (tertiary alicyclic amines) is 1. The number of aliphatic hydroxyl groups is 1. The van der Waals surface area contributed by atoms with E-state index in [2.05, 4.69) is 23.0 Å². The maximum absolute atomic E-state index is 12.7. The summed E-state index contributed by atoms with van der Waals surface area (Å²) in [4.78, 5) is 6.33. The van der Waals surface area contributed by atoms with Gasteiger partial charge in [-0.3, -0.25) is 9.88 Å². The minimum atomic E-state index is -4.39. The zero-order valence-electron chi connectivity index (χ0n) is 17.1. The van der Waals surface area contributed by atoms with Crippen LogP contribution in [-0.4, -0.2) is 40.8 Å². The van der Waals surface area contributed by atoms with Gasteiger partial charge in [0, 0.05) is 31.5 Å². The summed E-state index contributed by atoms with van der Waals surface area (Å²) >= 11 is 0. The first-order chi connectivity index (χ1) is 14.8. The molecule has 0 radical (unpaired) electrons. The first-order valence-corrected chi connectivity index (χ1v) is 9.89. The highest BCUT2D eigenvalue weighted by atomic mass is 19.4. The molecule has 2 unspecified atom stereocenters. The lowest BCUT2D eigenvalue weighted by molar-refractivity contribution is -0.137. The Labute approximate surface area is 180 Å². The SMILES string of the molecule is C=C/C=C1/CN(CC(O)COc2ccc(C(F)(F)F)cc2)C(c2cccnc2)CC1=C. The molecule has 4 nitrogen and oxygen atoms in total. The number of halogens is 3. The van der Waals surface area contributed by atoms with Gasteiger partial charge in [-0.1, -0.05) is 31.4 Å². The molecule has 7 heteroatoms. The molecule has 3 rings (SSSR count). The van der Waals surface area contributed by atoms with Crippen molar-refractivity contribution in [2.75, 3.05) is 19.7 Å². The van der Waals surface area contributed by atoms with Crippen molar-refractivity contribution < 1.29 is 23.0 Å². The fourth-order valence-corrected chi connectivity index (χ4v) is 3.60. The standard InChI is InChI=1S/C24H25F3N2O2/c1-3-5-19-14-29(23(12-17(19)2)18-6-4-11-28-13-18)15-21(30)16-31-22-9-7-20(8-10-22)24(25,26)27/h3-11,13,21,23,30H,1-2,12,14-16H2/b19-5-. The Bertz CT molecular complexity index is 924. The molecule has 164 valence electrons. The van der Waals surface area contributed by atoms with Gasteiger partial charge in [0.2, 0.25) is 0 Å². The zero-order chi connectivity index (χ0) is 22.4. The second-order valence-corrected chi connectivity index (χ2v) is 7.45. The Morgan fingerprint density at radius 3 is 2.61 bits per heavy atom. The summed E-state index contributed by atoms with van der Waals surface area (Å²) in [6, 6.07) is 8.30. The van der Waals surface area contributed by atoms with Gasteiger partial charge in [0.1, 0.15) is 18.5 Å². The molecule has 1 N–H and O–H groups in total. The van der Waals surface area contributed by atoms with Gasteiger partial charge in [-0.05, 0) is 53.5 Å². The summed E-state index contributed by atoms with van der Waals surface area (Å²) in [6.07, 6.45) is 2.61. The van der Waals surface area contributed by atoms with Crippen LogP contribution in [0.15, 0.2) is 85.2 Å². The van der Waals surface area contributed by atoms with Crippen molar-refractivity contribution >= 4 is 0 Å². The van der Waals surface area contributed by atoms with Crippen molar-refractivity contribution in [2.24, 2.45) is 0 Å². The number of aromatic nitrogens is 1. The van der Waals surface area contributed by atoms with E-state index in [1.165, 1.54) is 12.1 Å². The number of hydrogen-bond donors (Lipinski definition) is 1. The molecule has 1 aliphatic heterocycles. The third kappa shape index (κ3) is 6.06. The molecule has 1 fully saturated rings. The topological polar surface area (TPSA) is 45.6 Å². The fourth-order valence-electron chi connectivity index (χ4n) is 3.60. The molecule has 0 amide bonds. The van der Waals surface area contributed by atoms with Gasteiger partial charge in [0.25, 0.3) is 0 Å². The van der Waals surface area contributed by atoms with E-state index >= 15 is 0 Å². The number of allylic oxidation sites excluding steroid dienone is 2. The van der Waals surface area contributed by atoms with Crippen molar-refractivity contribution in [3.63, 3.8) is 0 Å². The second kappa shape index (κ2) is 9.94. The van der Waals surface area contributed by atoms with Crippen molar-refractivity contribution in [3.05, 3.63) is 96.4 Å². The van der Waals surface area contributed by atoms with Crippen LogP contribution >= 0.6 is 0 Å². The van der Waals surface area contributed by atoms with Crippen molar-refractivity contribution in [3.8, 4) is 5.75 Å². The van der Waals surface area contributed by atoms with Crippen LogP contribution in [0, 0.1) is 0 Å². The van der Waals surface area contributed by atoms with Crippen LogP contribution < -0.4 is 4.74 Å². The molecule has 1 saturated heterocycles. The molecule has 1 aromatic carbocycles. The van der Waals surface area contributed by atoms with Gasteiger partial charge in [0.15, 0.2) is 0 Å². The van der Waals surface area contributed by atoms with E-state index in [9.17, 15) is 18.3 Å². The highest BCUT2D eigenvalue weighted by molar-refractivity contribution is 5.37. The van der Waals surface area contributed by atoms with Crippen molar-refractivity contribution in [1.29, 1.82) is 0 Å². The molecule has 2 heterocycles.